The van der Waals surface area contributed by atoms with Gasteiger partial charge in [0.1, 0.15) is 5.69 Å². The first-order valence-electron chi connectivity index (χ1n) is 5.05. The third kappa shape index (κ3) is 2.34. The monoisotopic (exact) mass is 291 g/mol. The molecule has 0 saturated heterocycles. The number of benzene rings is 1. The Hall–Kier alpha value is -1.17. The van der Waals surface area contributed by atoms with Crippen molar-refractivity contribution in [1.29, 1.82) is 0 Å². The van der Waals surface area contributed by atoms with Crippen LogP contribution in [0.3, 0.4) is 0 Å². The maximum absolute atomic E-state index is 13.0. The van der Waals surface area contributed by atoms with Crippen LogP contribution in [0.25, 0.3) is 5.69 Å². The molecule has 1 heterocycles. The van der Waals surface area contributed by atoms with Gasteiger partial charge in [0.2, 0.25) is 0 Å². The topological polar surface area (TPSA) is 43.8 Å². The summed E-state index contributed by atoms with van der Waals surface area (Å²) >= 11 is 11.6. The minimum atomic E-state index is -2.67. The summed E-state index contributed by atoms with van der Waals surface area (Å²) in [5.41, 5.74) is 5.89. The molecule has 0 unspecified atom stereocenters. The van der Waals surface area contributed by atoms with Gasteiger partial charge in [-0.05, 0) is 18.2 Å². The highest BCUT2D eigenvalue weighted by Gasteiger charge is 2.20. The van der Waals surface area contributed by atoms with Gasteiger partial charge in [-0.3, -0.25) is 0 Å². The Kier molecular flexibility index (Phi) is 3.85. The summed E-state index contributed by atoms with van der Waals surface area (Å²) in [4.78, 5) is 0. The van der Waals surface area contributed by atoms with Gasteiger partial charge in [-0.1, -0.05) is 23.2 Å². The lowest BCUT2D eigenvalue weighted by atomic mass is 10.2. The van der Waals surface area contributed by atoms with Crippen molar-refractivity contribution in [2.24, 2.45) is 5.73 Å². The van der Waals surface area contributed by atoms with Gasteiger partial charge in [0.05, 0.1) is 21.9 Å². The van der Waals surface area contributed by atoms with E-state index in [4.69, 9.17) is 28.9 Å². The summed E-state index contributed by atoms with van der Waals surface area (Å²) in [6.07, 6.45) is -1.34. The molecule has 0 aliphatic heterocycles. The number of hydrogen-bond acceptors (Lipinski definition) is 2. The van der Waals surface area contributed by atoms with Crippen molar-refractivity contribution in [3.05, 3.63) is 45.7 Å². The van der Waals surface area contributed by atoms with E-state index in [-0.39, 0.29) is 17.3 Å². The Morgan fingerprint density at radius 2 is 2.00 bits per heavy atom. The normalized spacial score (nSPS) is 11.2. The van der Waals surface area contributed by atoms with E-state index in [9.17, 15) is 8.78 Å². The van der Waals surface area contributed by atoms with Gasteiger partial charge in [0.15, 0.2) is 0 Å². The number of halogens is 4. The van der Waals surface area contributed by atoms with Gasteiger partial charge in [0, 0.05) is 12.1 Å². The van der Waals surface area contributed by atoms with Crippen LogP contribution in [-0.2, 0) is 6.54 Å². The Morgan fingerprint density at radius 3 is 2.56 bits per heavy atom. The minimum absolute atomic E-state index is 0.000987. The number of alkyl halides is 2. The van der Waals surface area contributed by atoms with Crippen molar-refractivity contribution < 1.29 is 8.78 Å². The number of rotatable bonds is 3. The molecule has 0 spiro atoms. The zero-order valence-electron chi connectivity index (χ0n) is 9.08. The number of hydrogen-bond donors (Lipinski definition) is 1. The van der Waals surface area contributed by atoms with E-state index < -0.39 is 6.43 Å². The zero-order chi connectivity index (χ0) is 13.3. The van der Waals surface area contributed by atoms with E-state index in [1.165, 1.54) is 18.3 Å². The van der Waals surface area contributed by atoms with Crippen molar-refractivity contribution in [2.75, 3.05) is 0 Å². The SMILES string of the molecule is NCc1cnn(-c2ccc(Cl)c(Cl)c2)c1C(F)F. The second-order valence-electron chi connectivity index (χ2n) is 3.57. The molecule has 18 heavy (non-hydrogen) atoms. The fraction of sp³-hybridized carbons (Fsp3) is 0.182. The third-order valence-electron chi connectivity index (χ3n) is 2.46. The lowest BCUT2D eigenvalue weighted by Gasteiger charge is -2.09. The minimum Gasteiger partial charge on any atom is -0.326 e. The van der Waals surface area contributed by atoms with Crippen molar-refractivity contribution in [3.8, 4) is 5.69 Å². The highest BCUT2D eigenvalue weighted by molar-refractivity contribution is 6.42. The van der Waals surface area contributed by atoms with Crippen molar-refractivity contribution in [3.63, 3.8) is 0 Å². The van der Waals surface area contributed by atoms with Gasteiger partial charge in [-0.2, -0.15) is 5.10 Å². The molecule has 3 nitrogen and oxygen atoms in total. The molecule has 0 fully saturated rings. The lowest BCUT2D eigenvalue weighted by molar-refractivity contribution is 0.141. The molecule has 1 aromatic heterocycles. The van der Waals surface area contributed by atoms with E-state index in [1.54, 1.807) is 6.07 Å². The Bertz CT molecular complexity index is 569. The quantitative estimate of drug-likeness (QED) is 0.939. The summed E-state index contributed by atoms with van der Waals surface area (Å²) in [5, 5.41) is 4.53. The Balaban J connectivity index is 2.56. The molecular weight excluding hydrogens is 283 g/mol. The number of nitrogens with zero attached hydrogens (tertiary/aromatic N) is 2. The second kappa shape index (κ2) is 5.22. The standard InChI is InChI=1S/C11H9Cl2F2N3/c12-8-2-1-7(3-9(8)13)18-10(11(14)15)6(4-16)5-17-18/h1-3,5,11H,4,16H2. The van der Waals surface area contributed by atoms with Crippen LogP contribution in [0.15, 0.2) is 24.4 Å². The van der Waals surface area contributed by atoms with Crippen LogP contribution in [0.5, 0.6) is 0 Å². The molecule has 0 bridgehead atoms. The van der Waals surface area contributed by atoms with E-state index >= 15 is 0 Å². The molecule has 0 atom stereocenters. The maximum Gasteiger partial charge on any atom is 0.280 e. The molecule has 0 radical (unpaired) electrons. The summed E-state index contributed by atoms with van der Waals surface area (Å²) in [5.74, 6) is 0. The van der Waals surface area contributed by atoms with Crippen LogP contribution in [-0.4, -0.2) is 9.78 Å². The van der Waals surface area contributed by atoms with Crippen molar-refractivity contribution in [2.45, 2.75) is 13.0 Å². The van der Waals surface area contributed by atoms with Gasteiger partial charge < -0.3 is 5.73 Å². The first kappa shape index (κ1) is 13.3. The smallest absolute Gasteiger partial charge is 0.280 e. The number of nitrogens with two attached hydrogens (primary N) is 1. The fourth-order valence-corrected chi connectivity index (χ4v) is 1.90. The molecule has 2 aromatic rings. The zero-order valence-corrected chi connectivity index (χ0v) is 10.6. The molecule has 2 N–H and O–H groups in total. The highest BCUT2D eigenvalue weighted by Crippen LogP contribution is 2.29. The summed E-state index contributed by atoms with van der Waals surface area (Å²) in [6.45, 7) is 0.000987. The van der Waals surface area contributed by atoms with Crippen LogP contribution in [0.2, 0.25) is 10.0 Å². The maximum atomic E-state index is 13.0. The molecule has 2 rings (SSSR count). The largest absolute Gasteiger partial charge is 0.326 e. The van der Waals surface area contributed by atoms with E-state index in [0.717, 1.165) is 4.68 Å². The average molecular weight is 292 g/mol. The third-order valence-corrected chi connectivity index (χ3v) is 3.20. The van der Waals surface area contributed by atoms with Gasteiger partial charge in [-0.25, -0.2) is 13.5 Å². The molecule has 96 valence electrons. The van der Waals surface area contributed by atoms with E-state index in [0.29, 0.717) is 16.3 Å². The van der Waals surface area contributed by atoms with Gasteiger partial charge in [-0.15, -0.1) is 0 Å². The van der Waals surface area contributed by atoms with Crippen LogP contribution >= 0.6 is 23.2 Å². The molecule has 0 amide bonds. The van der Waals surface area contributed by atoms with E-state index in [2.05, 4.69) is 5.10 Å². The molecular formula is C11H9Cl2F2N3. The fourth-order valence-electron chi connectivity index (χ4n) is 1.60. The van der Waals surface area contributed by atoms with E-state index in [1.807, 2.05) is 0 Å². The second-order valence-corrected chi connectivity index (χ2v) is 4.38. The molecule has 0 aliphatic rings. The van der Waals surface area contributed by atoms with Crippen molar-refractivity contribution >= 4 is 23.2 Å². The van der Waals surface area contributed by atoms with Crippen LogP contribution in [0.1, 0.15) is 17.7 Å². The van der Waals surface area contributed by atoms with Crippen molar-refractivity contribution in [1.82, 2.24) is 9.78 Å². The Morgan fingerprint density at radius 1 is 1.28 bits per heavy atom. The summed E-state index contributed by atoms with van der Waals surface area (Å²) < 4.78 is 27.1. The molecule has 7 heteroatoms. The molecule has 0 aliphatic carbocycles. The van der Waals surface area contributed by atoms with Gasteiger partial charge >= 0.3 is 0 Å². The first-order chi connectivity index (χ1) is 8.54. The lowest BCUT2D eigenvalue weighted by Crippen LogP contribution is -2.06. The number of aromatic nitrogens is 2. The highest BCUT2D eigenvalue weighted by atomic mass is 35.5. The first-order valence-corrected chi connectivity index (χ1v) is 5.80. The van der Waals surface area contributed by atoms with Gasteiger partial charge in [0.25, 0.3) is 6.43 Å². The molecule has 0 saturated carbocycles. The average Bonchev–Trinajstić information content (AvgIpc) is 2.76. The van der Waals surface area contributed by atoms with Crippen LogP contribution < -0.4 is 5.73 Å². The summed E-state index contributed by atoms with van der Waals surface area (Å²) in [7, 11) is 0. The Labute approximate surface area is 112 Å². The van der Waals surface area contributed by atoms with Crippen LogP contribution in [0, 0.1) is 0 Å². The predicted molar refractivity (Wildman–Crippen MR) is 66.4 cm³/mol. The molecule has 1 aromatic carbocycles. The summed E-state index contributed by atoms with van der Waals surface area (Å²) in [6, 6.07) is 4.56. The van der Waals surface area contributed by atoms with Crippen LogP contribution in [0.4, 0.5) is 8.78 Å². The predicted octanol–water partition coefficient (Wildman–Crippen LogP) is 3.58.